The van der Waals surface area contributed by atoms with Crippen LogP contribution in [0.2, 0.25) is 15.2 Å². The second-order valence-corrected chi connectivity index (χ2v) is 4.75. The second kappa shape index (κ2) is 4.80. The van der Waals surface area contributed by atoms with Crippen LogP contribution in [-0.4, -0.2) is 9.55 Å². The van der Waals surface area contributed by atoms with Crippen LogP contribution in [0.3, 0.4) is 0 Å². The summed E-state index contributed by atoms with van der Waals surface area (Å²) in [5, 5.41) is 0.404. The largest absolute Gasteiger partial charge is 0.334 e. The average Bonchev–Trinajstić information content (AvgIpc) is 2.32. The van der Waals surface area contributed by atoms with E-state index in [0.717, 1.165) is 4.57 Å². The Labute approximate surface area is 117 Å². The number of rotatable bonds is 1. The van der Waals surface area contributed by atoms with Gasteiger partial charge in [0.2, 0.25) is 0 Å². The molecule has 1 heterocycles. The summed E-state index contributed by atoms with van der Waals surface area (Å²) in [6.45, 7) is 1.51. The zero-order valence-electron chi connectivity index (χ0n) is 9.13. The van der Waals surface area contributed by atoms with Gasteiger partial charge in [-0.1, -0.05) is 40.9 Å². The topological polar surface area (TPSA) is 54.9 Å². The molecule has 0 unspecified atom stereocenters. The zero-order chi connectivity index (χ0) is 13.4. The second-order valence-electron chi connectivity index (χ2n) is 3.58. The van der Waals surface area contributed by atoms with Crippen LogP contribution in [0.15, 0.2) is 27.8 Å². The number of nitrogens with one attached hydrogen (secondary N) is 1. The molecule has 1 aromatic carbocycles. The van der Waals surface area contributed by atoms with Crippen LogP contribution >= 0.6 is 34.8 Å². The van der Waals surface area contributed by atoms with Crippen LogP contribution in [0.25, 0.3) is 5.69 Å². The fraction of sp³-hybridized carbons (Fsp3) is 0.0909. The molecule has 0 spiro atoms. The summed E-state index contributed by atoms with van der Waals surface area (Å²) < 4.78 is 0.898. The maximum atomic E-state index is 12.0. The highest BCUT2D eigenvalue weighted by Crippen LogP contribution is 2.27. The lowest BCUT2D eigenvalue weighted by atomic mass is 10.3. The first kappa shape index (κ1) is 13.2. The molecule has 0 saturated carbocycles. The molecule has 1 N–H and O–H groups in total. The number of nitrogens with zero attached hydrogens (tertiary/aromatic N) is 1. The summed E-state index contributed by atoms with van der Waals surface area (Å²) in [7, 11) is 0. The molecule has 18 heavy (non-hydrogen) atoms. The van der Waals surface area contributed by atoms with Crippen molar-refractivity contribution in [2.24, 2.45) is 0 Å². The Hall–Kier alpha value is -1.23. The Bertz CT molecular complexity index is 734. The minimum Gasteiger partial charge on any atom is -0.297 e. The van der Waals surface area contributed by atoms with Crippen molar-refractivity contribution in [2.75, 3.05) is 0 Å². The molecular formula is C11H7Cl3N2O2. The number of aromatic nitrogens is 2. The lowest BCUT2D eigenvalue weighted by molar-refractivity contribution is 0.860. The first-order valence-electron chi connectivity index (χ1n) is 4.89. The van der Waals surface area contributed by atoms with Crippen LogP contribution in [0.5, 0.6) is 0 Å². The van der Waals surface area contributed by atoms with E-state index < -0.39 is 11.2 Å². The van der Waals surface area contributed by atoms with Crippen molar-refractivity contribution in [3.05, 3.63) is 59.8 Å². The summed E-state index contributed by atoms with van der Waals surface area (Å²) in [4.78, 5) is 26.2. The summed E-state index contributed by atoms with van der Waals surface area (Å²) in [6.07, 6.45) is 0. The molecule has 0 bridgehead atoms. The number of aromatic amines is 1. The van der Waals surface area contributed by atoms with Gasteiger partial charge < -0.3 is 0 Å². The van der Waals surface area contributed by atoms with E-state index in [0.29, 0.717) is 0 Å². The van der Waals surface area contributed by atoms with Gasteiger partial charge in [0.15, 0.2) is 0 Å². The summed E-state index contributed by atoms with van der Waals surface area (Å²) in [5.74, 6) is 0. The van der Waals surface area contributed by atoms with Gasteiger partial charge in [-0.25, -0.2) is 9.36 Å². The van der Waals surface area contributed by atoms with E-state index in [1.165, 1.54) is 13.0 Å². The molecule has 7 heteroatoms. The first-order chi connectivity index (χ1) is 8.43. The molecule has 0 aliphatic heterocycles. The zero-order valence-corrected chi connectivity index (χ0v) is 11.4. The van der Waals surface area contributed by atoms with E-state index in [1.807, 2.05) is 0 Å². The van der Waals surface area contributed by atoms with Gasteiger partial charge >= 0.3 is 5.69 Å². The Morgan fingerprint density at radius 2 is 1.83 bits per heavy atom. The predicted molar refractivity (Wildman–Crippen MR) is 72.4 cm³/mol. The number of halogens is 3. The molecule has 0 atom stereocenters. The Morgan fingerprint density at radius 3 is 2.50 bits per heavy atom. The van der Waals surface area contributed by atoms with E-state index in [-0.39, 0.29) is 26.4 Å². The summed E-state index contributed by atoms with van der Waals surface area (Å²) in [6, 6.07) is 4.69. The molecular weight excluding hydrogens is 298 g/mol. The first-order valence-corrected chi connectivity index (χ1v) is 6.02. The van der Waals surface area contributed by atoms with Crippen LogP contribution in [0, 0.1) is 6.92 Å². The molecule has 0 fully saturated rings. The maximum absolute atomic E-state index is 12.0. The van der Waals surface area contributed by atoms with Crippen LogP contribution in [0.4, 0.5) is 0 Å². The summed E-state index contributed by atoms with van der Waals surface area (Å²) in [5.41, 5.74) is -0.754. The third kappa shape index (κ3) is 2.07. The van der Waals surface area contributed by atoms with E-state index >= 15 is 0 Å². The van der Waals surface area contributed by atoms with Gasteiger partial charge in [0.05, 0.1) is 21.3 Å². The SMILES string of the molecule is Cc1c(Cl)[nH]c(=O)n(-c2cccc(Cl)c2Cl)c1=O. The lowest BCUT2D eigenvalue weighted by Gasteiger charge is -2.09. The van der Waals surface area contributed by atoms with Crippen molar-refractivity contribution in [1.82, 2.24) is 9.55 Å². The van der Waals surface area contributed by atoms with Gasteiger partial charge in [-0.15, -0.1) is 0 Å². The van der Waals surface area contributed by atoms with Gasteiger partial charge in [-0.2, -0.15) is 0 Å². The van der Waals surface area contributed by atoms with Gasteiger partial charge in [-0.05, 0) is 19.1 Å². The van der Waals surface area contributed by atoms with Crippen molar-refractivity contribution in [2.45, 2.75) is 6.92 Å². The monoisotopic (exact) mass is 304 g/mol. The number of H-pyrrole nitrogens is 1. The van der Waals surface area contributed by atoms with Crippen molar-refractivity contribution < 1.29 is 0 Å². The smallest absolute Gasteiger partial charge is 0.297 e. The van der Waals surface area contributed by atoms with E-state index in [2.05, 4.69) is 4.98 Å². The fourth-order valence-corrected chi connectivity index (χ4v) is 2.02. The Balaban J connectivity index is 2.89. The van der Waals surface area contributed by atoms with E-state index in [1.54, 1.807) is 12.1 Å². The maximum Gasteiger partial charge on any atom is 0.334 e. The lowest BCUT2D eigenvalue weighted by Crippen LogP contribution is -2.35. The highest BCUT2D eigenvalue weighted by molar-refractivity contribution is 6.43. The van der Waals surface area contributed by atoms with Crippen molar-refractivity contribution in [3.8, 4) is 5.69 Å². The fourth-order valence-electron chi connectivity index (χ4n) is 1.48. The molecule has 0 aliphatic carbocycles. The van der Waals surface area contributed by atoms with E-state index in [9.17, 15) is 9.59 Å². The minimum atomic E-state index is -0.667. The minimum absolute atomic E-state index is 0.0133. The average molecular weight is 306 g/mol. The third-order valence-corrected chi connectivity index (χ3v) is 3.63. The number of hydrogen-bond acceptors (Lipinski definition) is 2. The number of hydrogen-bond donors (Lipinski definition) is 1. The van der Waals surface area contributed by atoms with Crippen LogP contribution in [0.1, 0.15) is 5.56 Å². The van der Waals surface area contributed by atoms with Crippen molar-refractivity contribution in [1.29, 1.82) is 0 Å². The molecule has 2 rings (SSSR count). The molecule has 0 radical (unpaired) electrons. The molecule has 2 aromatic rings. The van der Waals surface area contributed by atoms with Crippen LogP contribution in [-0.2, 0) is 0 Å². The molecule has 4 nitrogen and oxygen atoms in total. The molecule has 1 aromatic heterocycles. The Morgan fingerprint density at radius 1 is 1.17 bits per heavy atom. The highest BCUT2D eigenvalue weighted by Gasteiger charge is 2.14. The van der Waals surface area contributed by atoms with Crippen LogP contribution < -0.4 is 11.2 Å². The quantitative estimate of drug-likeness (QED) is 0.824. The van der Waals surface area contributed by atoms with E-state index in [4.69, 9.17) is 34.8 Å². The van der Waals surface area contributed by atoms with Gasteiger partial charge in [-0.3, -0.25) is 9.78 Å². The predicted octanol–water partition coefficient (Wildman–Crippen LogP) is 2.79. The van der Waals surface area contributed by atoms with Gasteiger partial charge in [0, 0.05) is 0 Å². The normalized spacial score (nSPS) is 10.7. The van der Waals surface area contributed by atoms with Gasteiger partial charge in [0.1, 0.15) is 5.15 Å². The molecule has 0 saturated heterocycles. The summed E-state index contributed by atoms with van der Waals surface area (Å²) >= 11 is 17.6. The molecule has 0 amide bonds. The number of benzene rings is 1. The standard InChI is InChI=1S/C11H7Cl3N2O2/c1-5-9(14)15-11(18)16(10(5)17)7-4-2-3-6(12)8(7)13/h2-4H,1H3,(H,15,18). The molecule has 0 aliphatic rings. The Kier molecular flexibility index (Phi) is 3.52. The van der Waals surface area contributed by atoms with Gasteiger partial charge in [0.25, 0.3) is 5.56 Å². The highest BCUT2D eigenvalue weighted by atomic mass is 35.5. The van der Waals surface area contributed by atoms with Crippen molar-refractivity contribution in [3.63, 3.8) is 0 Å². The molecule has 94 valence electrons. The van der Waals surface area contributed by atoms with Crippen molar-refractivity contribution >= 4 is 34.8 Å². The third-order valence-electron chi connectivity index (χ3n) is 2.45.